The van der Waals surface area contributed by atoms with Gasteiger partial charge in [0.15, 0.2) is 0 Å². The van der Waals surface area contributed by atoms with Crippen LogP contribution in [-0.4, -0.2) is 54.1 Å². The summed E-state index contributed by atoms with van der Waals surface area (Å²) in [5.41, 5.74) is 0.469. The zero-order chi connectivity index (χ0) is 14.2. The Morgan fingerprint density at radius 2 is 2.15 bits per heavy atom. The van der Waals surface area contributed by atoms with Crippen LogP contribution < -0.4 is 5.32 Å². The Labute approximate surface area is 119 Å². The Bertz CT molecular complexity index is 433. The number of aromatic nitrogens is 2. The molecule has 1 aromatic heterocycles. The van der Waals surface area contributed by atoms with Gasteiger partial charge in [-0.15, -0.1) is 0 Å². The second-order valence-electron chi connectivity index (χ2n) is 4.91. The van der Waals surface area contributed by atoms with Crippen molar-refractivity contribution >= 4 is 11.7 Å². The number of rotatable bonds is 6. The van der Waals surface area contributed by atoms with Crippen LogP contribution in [0.5, 0.6) is 0 Å². The fourth-order valence-electron chi connectivity index (χ4n) is 2.26. The molecule has 1 N–H and O–H groups in total. The highest BCUT2D eigenvalue weighted by atomic mass is 16.5. The standard InChI is InChI=1S/C14H22N4O2/c1-20-9-5-6-15-13-10-12(16-11-17-13)14(19)18-7-3-2-4-8-18/h10-11H,2-9H2,1H3,(H,15,16,17). The SMILES string of the molecule is COCCCNc1cc(C(=O)N2CCCCC2)ncn1. The molecule has 0 aromatic carbocycles. The topological polar surface area (TPSA) is 67.3 Å². The van der Waals surface area contributed by atoms with Crippen LogP contribution in [-0.2, 0) is 4.74 Å². The van der Waals surface area contributed by atoms with E-state index in [1.165, 1.54) is 12.7 Å². The molecule has 1 saturated heterocycles. The first-order chi connectivity index (χ1) is 9.81. The van der Waals surface area contributed by atoms with E-state index in [-0.39, 0.29) is 5.91 Å². The number of piperidine rings is 1. The van der Waals surface area contributed by atoms with Gasteiger partial charge >= 0.3 is 0 Å². The molecular weight excluding hydrogens is 256 g/mol. The Morgan fingerprint density at radius 3 is 2.90 bits per heavy atom. The van der Waals surface area contributed by atoms with Crippen LogP contribution in [0.15, 0.2) is 12.4 Å². The van der Waals surface area contributed by atoms with E-state index in [2.05, 4.69) is 15.3 Å². The summed E-state index contributed by atoms with van der Waals surface area (Å²) in [7, 11) is 1.68. The quantitative estimate of drug-likeness (QED) is 0.800. The lowest BCUT2D eigenvalue weighted by atomic mass is 10.1. The van der Waals surface area contributed by atoms with Crippen LogP contribution in [0.4, 0.5) is 5.82 Å². The van der Waals surface area contributed by atoms with Crippen molar-refractivity contribution in [3.8, 4) is 0 Å². The fourth-order valence-corrected chi connectivity index (χ4v) is 2.26. The average Bonchev–Trinajstić information content (AvgIpc) is 2.52. The number of nitrogens with one attached hydrogen (secondary N) is 1. The molecule has 0 aliphatic carbocycles. The smallest absolute Gasteiger partial charge is 0.272 e. The molecule has 1 amide bonds. The van der Waals surface area contributed by atoms with E-state index >= 15 is 0 Å². The maximum absolute atomic E-state index is 12.3. The molecule has 0 saturated carbocycles. The Kier molecular flexibility index (Phi) is 5.73. The highest BCUT2D eigenvalue weighted by Crippen LogP contribution is 2.13. The van der Waals surface area contributed by atoms with Crippen LogP contribution in [0, 0.1) is 0 Å². The van der Waals surface area contributed by atoms with Crippen molar-refractivity contribution in [3.63, 3.8) is 0 Å². The summed E-state index contributed by atoms with van der Waals surface area (Å²) in [6.07, 6.45) is 5.71. The van der Waals surface area contributed by atoms with Crippen molar-refractivity contribution in [1.82, 2.24) is 14.9 Å². The molecule has 110 valence electrons. The minimum absolute atomic E-state index is 0.00652. The molecule has 0 radical (unpaired) electrons. The lowest BCUT2D eigenvalue weighted by Crippen LogP contribution is -2.36. The molecule has 20 heavy (non-hydrogen) atoms. The van der Waals surface area contributed by atoms with E-state index in [1.807, 2.05) is 4.90 Å². The van der Waals surface area contributed by atoms with Crippen LogP contribution in [0.3, 0.4) is 0 Å². The molecule has 0 bridgehead atoms. The minimum Gasteiger partial charge on any atom is -0.385 e. The summed E-state index contributed by atoms with van der Waals surface area (Å²) in [4.78, 5) is 22.4. The Balaban J connectivity index is 1.92. The predicted molar refractivity (Wildman–Crippen MR) is 76.8 cm³/mol. The summed E-state index contributed by atoms with van der Waals surface area (Å²) in [6, 6.07) is 1.73. The van der Waals surface area contributed by atoms with Gasteiger partial charge in [-0.1, -0.05) is 0 Å². The molecule has 0 unspecified atom stereocenters. The summed E-state index contributed by atoms with van der Waals surface area (Å²) in [5, 5.41) is 3.18. The monoisotopic (exact) mass is 278 g/mol. The Morgan fingerprint density at radius 1 is 1.35 bits per heavy atom. The molecule has 6 heteroatoms. The largest absolute Gasteiger partial charge is 0.385 e. The van der Waals surface area contributed by atoms with Gasteiger partial charge in [-0.2, -0.15) is 0 Å². The van der Waals surface area contributed by atoms with Crippen molar-refractivity contribution in [3.05, 3.63) is 18.1 Å². The molecule has 0 atom stereocenters. The third kappa shape index (κ3) is 4.16. The fraction of sp³-hybridized carbons (Fsp3) is 0.643. The van der Waals surface area contributed by atoms with Gasteiger partial charge in [0.25, 0.3) is 5.91 Å². The maximum Gasteiger partial charge on any atom is 0.272 e. The molecular formula is C14H22N4O2. The summed E-state index contributed by atoms with van der Waals surface area (Å²) < 4.78 is 4.99. The molecule has 6 nitrogen and oxygen atoms in total. The van der Waals surface area contributed by atoms with Crippen LogP contribution in [0.1, 0.15) is 36.2 Å². The lowest BCUT2D eigenvalue weighted by molar-refractivity contribution is 0.0718. The normalized spacial score (nSPS) is 15.2. The molecule has 0 spiro atoms. The van der Waals surface area contributed by atoms with E-state index in [9.17, 15) is 4.79 Å². The number of likely N-dealkylation sites (tertiary alicyclic amines) is 1. The van der Waals surface area contributed by atoms with E-state index in [0.29, 0.717) is 18.1 Å². The highest BCUT2D eigenvalue weighted by molar-refractivity contribution is 5.92. The number of ether oxygens (including phenoxy) is 1. The van der Waals surface area contributed by atoms with Gasteiger partial charge in [0.05, 0.1) is 0 Å². The van der Waals surface area contributed by atoms with Crippen LogP contribution in [0.2, 0.25) is 0 Å². The summed E-state index contributed by atoms with van der Waals surface area (Å²) in [5.74, 6) is 0.698. The average molecular weight is 278 g/mol. The van der Waals surface area contributed by atoms with E-state index in [1.54, 1.807) is 13.2 Å². The van der Waals surface area contributed by atoms with Crippen LogP contribution >= 0.6 is 0 Å². The lowest BCUT2D eigenvalue weighted by Gasteiger charge is -2.26. The van der Waals surface area contributed by atoms with E-state index < -0.39 is 0 Å². The zero-order valence-electron chi connectivity index (χ0n) is 12.0. The third-order valence-electron chi connectivity index (χ3n) is 3.36. The van der Waals surface area contributed by atoms with Gasteiger partial charge in [-0.3, -0.25) is 4.79 Å². The molecule has 1 aliphatic heterocycles. The number of amides is 1. The van der Waals surface area contributed by atoms with Crippen molar-refractivity contribution in [1.29, 1.82) is 0 Å². The maximum atomic E-state index is 12.3. The number of hydrogen-bond donors (Lipinski definition) is 1. The first-order valence-corrected chi connectivity index (χ1v) is 7.15. The number of nitrogens with zero attached hydrogens (tertiary/aromatic N) is 3. The van der Waals surface area contributed by atoms with E-state index in [4.69, 9.17) is 4.74 Å². The molecule has 1 fully saturated rings. The number of hydrogen-bond acceptors (Lipinski definition) is 5. The van der Waals surface area contributed by atoms with Gasteiger partial charge < -0.3 is 15.0 Å². The van der Waals surface area contributed by atoms with Gasteiger partial charge in [-0.05, 0) is 25.7 Å². The first kappa shape index (κ1) is 14.7. The molecule has 1 aliphatic rings. The summed E-state index contributed by atoms with van der Waals surface area (Å²) >= 11 is 0. The molecule has 2 rings (SSSR count). The second kappa shape index (κ2) is 7.79. The van der Waals surface area contributed by atoms with Gasteiger partial charge in [0.1, 0.15) is 17.8 Å². The van der Waals surface area contributed by atoms with Gasteiger partial charge in [0.2, 0.25) is 0 Å². The van der Waals surface area contributed by atoms with Crippen molar-refractivity contribution in [2.24, 2.45) is 0 Å². The minimum atomic E-state index is 0.00652. The first-order valence-electron chi connectivity index (χ1n) is 7.15. The number of carbonyl (C=O) groups is 1. The van der Waals surface area contributed by atoms with Crippen molar-refractivity contribution < 1.29 is 9.53 Å². The second-order valence-corrected chi connectivity index (χ2v) is 4.91. The predicted octanol–water partition coefficient (Wildman–Crippen LogP) is 1.55. The molecule has 1 aromatic rings. The molecule has 2 heterocycles. The number of carbonyl (C=O) groups excluding carboxylic acids is 1. The highest BCUT2D eigenvalue weighted by Gasteiger charge is 2.19. The summed E-state index contributed by atoms with van der Waals surface area (Å²) in [6.45, 7) is 3.14. The van der Waals surface area contributed by atoms with Gasteiger partial charge in [0, 0.05) is 39.4 Å². The van der Waals surface area contributed by atoms with Crippen molar-refractivity contribution in [2.75, 3.05) is 38.7 Å². The Hall–Kier alpha value is -1.69. The van der Waals surface area contributed by atoms with Crippen LogP contribution in [0.25, 0.3) is 0 Å². The van der Waals surface area contributed by atoms with Gasteiger partial charge in [-0.25, -0.2) is 9.97 Å². The third-order valence-corrected chi connectivity index (χ3v) is 3.36. The zero-order valence-corrected chi connectivity index (χ0v) is 12.0. The van der Waals surface area contributed by atoms with Crippen molar-refractivity contribution in [2.45, 2.75) is 25.7 Å². The number of methoxy groups -OCH3 is 1. The number of anilines is 1. The van der Waals surface area contributed by atoms with E-state index in [0.717, 1.165) is 38.9 Å².